The van der Waals surface area contributed by atoms with Crippen molar-refractivity contribution in [3.63, 3.8) is 0 Å². The molecular weight excluding hydrogens is 112 g/mol. The summed E-state index contributed by atoms with van der Waals surface area (Å²) in [5.74, 6) is 0. The van der Waals surface area contributed by atoms with Gasteiger partial charge in [0, 0.05) is 18.1 Å². The fourth-order valence-corrected chi connectivity index (χ4v) is 1.05. The van der Waals surface area contributed by atoms with E-state index in [2.05, 4.69) is 24.5 Å². The Morgan fingerprint density at radius 1 is 1.67 bits per heavy atom. The van der Waals surface area contributed by atoms with Gasteiger partial charge < -0.3 is 10.6 Å². The lowest BCUT2D eigenvalue weighted by Gasteiger charge is -2.06. The Hall–Kier alpha value is -0.0800. The molecule has 0 amide bonds. The monoisotopic (exact) mass is 128 g/mol. The first-order chi connectivity index (χ1) is 4.24. The fourth-order valence-electron chi connectivity index (χ4n) is 1.05. The highest BCUT2D eigenvalue weighted by atomic mass is 15.1. The second kappa shape index (κ2) is 2.67. The first kappa shape index (κ1) is 7.03. The van der Waals surface area contributed by atoms with E-state index in [-0.39, 0.29) is 0 Å². The predicted octanol–water partition coefficient (Wildman–Crippen LogP) is 0.345. The van der Waals surface area contributed by atoms with Crippen LogP contribution in [-0.2, 0) is 0 Å². The maximum atomic E-state index is 3.36. The summed E-state index contributed by atoms with van der Waals surface area (Å²) < 4.78 is 0. The molecule has 9 heavy (non-hydrogen) atoms. The van der Waals surface area contributed by atoms with Crippen LogP contribution in [0.2, 0.25) is 0 Å². The van der Waals surface area contributed by atoms with Crippen LogP contribution in [0.25, 0.3) is 0 Å². The molecular formula is C7H16N2. The van der Waals surface area contributed by atoms with Crippen molar-refractivity contribution in [3.8, 4) is 0 Å². The van der Waals surface area contributed by atoms with Gasteiger partial charge in [0.05, 0.1) is 0 Å². The van der Waals surface area contributed by atoms with Gasteiger partial charge >= 0.3 is 0 Å². The third-order valence-corrected chi connectivity index (χ3v) is 2.07. The molecule has 2 N–H and O–H groups in total. The summed E-state index contributed by atoms with van der Waals surface area (Å²) in [6, 6.07) is 2.21. The molecule has 1 rings (SSSR count). The SMILES string of the molecule is CNC(C)CC1NC1C. The Balaban J connectivity index is 2.05. The Bertz CT molecular complexity index is 90.9. The van der Waals surface area contributed by atoms with Crippen LogP contribution >= 0.6 is 0 Å². The average Bonchev–Trinajstić information content (AvgIpc) is 2.47. The molecule has 0 aromatic carbocycles. The van der Waals surface area contributed by atoms with Crippen molar-refractivity contribution < 1.29 is 0 Å². The molecule has 0 saturated carbocycles. The molecule has 1 saturated heterocycles. The van der Waals surface area contributed by atoms with E-state index in [1.165, 1.54) is 6.42 Å². The van der Waals surface area contributed by atoms with Gasteiger partial charge in [0.2, 0.25) is 0 Å². The Morgan fingerprint density at radius 3 is 2.56 bits per heavy atom. The largest absolute Gasteiger partial charge is 0.317 e. The average molecular weight is 128 g/mol. The second-order valence-corrected chi connectivity index (χ2v) is 2.99. The van der Waals surface area contributed by atoms with Gasteiger partial charge in [-0.05, 0) is 27.3 Å². The normalized spacial score (nSPS) is 36.3. The number of hydrogen-bond acceptors (Lipinski definition) is 2. The first-order valence-corrected chi connectivity index (χ1v) is 3.67. The molecule has 1 heterocycles. The van der Waals surface area contributed by atoms with Crippen LogP contribution in [-0.4, -0.2) is 25.2 Å². The highest BCUT2D eigenvalue weighted by Crippen LogP contribution is 2.14. The zero-order chi connectivity index (χ0) is 6.85. The Kier molecular flexibility index (Phi) is 2.09. The van der Waals surface area contributed by atoms with Crippen LogP contribution < -0.4 is 10.6 Å². The molecule has 0 aromatic rings. The van der Waals surface area contributed by atoms with Crippen molar-refractivity contribution in [1.82, 2.24) is 10.6 Å². The summed E-state index contributed by atoms with van der Waals surface area (Å²) in [5, 5.41) is 6.57. The highest BCUT2D eigenvalue weighted by Gasteiger charge is 2.31. The molecule has 0 spiro atoms. The molecule has 0 aromatic heterocycles. The van der Waals surface area contributed by atoms with E-state index in [0.717, 1.165) is 12.1 Å². The molecule has 3 unspecified atom stereocenters. The van der Waals surface area contributed by atoms with Crippen LogP contribution in [0.15, 0.2) is 0 Å². The van der Waals surface area contributed by atoms with Gasteiger partial charge in [0.25, 0.3) is 0 Å². The van der Waals surface area contributed by atoms with Crippen molar-refractivity contribution in [2.24, 2.45) is 0 Å². The molecule has 0 bridgehead atoms. The molecule has 1 aliphatic heterocycles. The van der Waals surface area contributed by atoms with E-state index in [9.17, 15) is 0 Å². The fraction of sp³-hybridized carbons (Fsp3) is 1.00. The van der Waals surface area contributed by atoms with Gasteiger partial charge in [-0.3, -0.25) is 0 Å². The molecule has 0 radical (unpaired) electrons. The van der Waals surface area contributed by atoms with Crippen molar-refractivity contribution in [2.45, 2.75) is 38.4 Å². The van der Waals surface area contributed by atoms with Gasteiger partial charge in [-0.25, -0.2) is 0 Å². The van der Waals surface area contributed by atoms with Gasteiger partial charge in [-0.15, -0.1) is 0 Å². The van der Waals surface area contributed by atoms with E-state index in [0.29, 0.717) is 6.04 Å². The minimum atomic E-state index is 0.660. The van der Waals surface area contributed by atoms with E-state index in [4.69, 9.17) is 0 Å². The lowest BCUT2D eigenvalue weighted by molar-refractivity contribution is 0.556. The van der Waals surface area contributed by atoms with Gasteiger partial charge in [-0.2, -0.15) is 0 Å². The van der Waals surface area contributed by atoms with Crippen LogP contribution in [0.3, 0.4) is 0 Å². The smallest absolute Gasteiger partial charge is 0.0236 e. The molecule has 54 valence electrons. The van der Waals surface area contributed by atoms with E-state index < -0.39 is 0 Å². The summed E-state index contributed by atoms with van der Waals surface area (Å²) in [6.07, 6.45) is 1.26. The molecule has 1 aliphatic rings. The molecule has 3 atom stereocenters. The third-order valence-electron chi connectivity index (χ3n) is 2.07. The van der Waals surface area contributed by atoms with Gasteiger partial charge in [0.15, 0.2) is 0 Å². The van der Waals surface area contributed by atoms with Crippen molar-refractivity contribution in [2.75, 3.05) is 7.05 Å². The summed E-state index contributed by atoms with van der Waals surface area (Å²) >= 11 is 0. The topological polar surface area (TPSA) is 34.0 Å². The summed E-state index contributed by atoms with van der Waals surface area (Å²) in [6.45, 7) is 4.44. The van der Waals surface area contributed by atoms with Crippen molar-refractivity contribution >= 4 is 0 Å². The summed E-state index contributed by atoms with van der Waals surface area (Å²) in [7, 11) is 2.01. The second-order valence-electron chi connectivity index (χ2n) is 2.99. The van der Waals surface area contributed by atoms with E-state index >= 15 is 0 Å². The summed E-state index contributed by atoms with van der Waals surface area (Å²) in [5.41, 5.74) is 0. The molecule has 0 aliphatic carbocycles. The highest BCUT2D eigenvalue weighted by molar-refractivity contribution is 4.95. The van der Waals surface area contributed by atoms with Crippen LogP contribution in [0.4, 0.5) is 0 Å². The van der Waals surface area contributed by atoms with Crippen LogP contribution in [0.5, 0.6) is 0 Å². The van der Waals surface area contributed by atoms with Gasteiger partial charge in [0.1, 0.15) is 0 Å². The third kappa shape index (κ3) is 1.95. The molecule has 1 fully saturated rings. The Morgan fingerprint density at radius 2 is 2.22 bits per heavy atom. The number of rotatable bonds is 3. The van der Waals surface area contributed by atoms with E-state index in [1.807, 2.05) is 7.05 Å². The zero-order valence-electron chi connectivity index (χ0n) is 6.44. The van der Waals surface area contributed by atoms with Crippen molar-refractivity contribution in [3.05, 3.63) is 0 Å². The molecule has 2 heteroatoms. The predicted molar refractivity (Wildman–Crippen MR) is 39.5 cm³/mol. The minimum absolute atomic E-state index is 0.660. The standard InChI is InChI=1S/C7H16N2/c1-5(8-3)4-7-6(2)9-7/h5-9H,4H2,1-3H3. The summed E-state index contributed by atoms with van der Waals surface area (Å²) in [4.78, 5) is 0. The van der Waals surface area contributed by atoms with Crippen LogP contribution in [0, 0.1) is 0 Å². The van der Waals surface area contributed by atoms with Gasteiger partial charge in [-0.1, -0.05) is 0 Å². The lowest BCUT2D eigenvalue weighted by Crippen LogP contribution is -2.23. The Labute approximate surface area is 57.0 Å². The quantitative estimate of drug-likeness (QED) is 0.538. The first-order valence-electron chi connectivity index (χ1n) is 3.67. The maximum absolute atomic E-state index is 3.36. The lowest BCUT2D eigenvalue weighted by atomic mass is 10.1. The zero-order valence-corrected chi connectivity index (χ0v) is 6.44. The minimum Gasteiger partial charge on any atom is -0.317 e. The number of hydrogen-bond donors (Lipinski definition) is 2. The van der Waals surface area contributed by atoms with Crippen molar-refractivity contribution in [1.29, 1.82) is 0 Å². The van der Waals surface area contributed by atoms with E-state index in [1.54, 1.807) is 0 Å². The van der Waals surface area contributed by atoms with Crippen LogP contribution in [0.1, 0.15) is 20.3 Å². The number of nitrogens with one attached hydrogen (secondary N) is 2. The molecule has 2 nitrogen and oxygen atoms in total. The maximum Gasteiger partial charge on any atom is 0.0236 e.